The van der Waals surface area contributed by atoms with Gasteiger partial charge in [-0.15, -0.1) is 0 Å². The Hall–Kier alpha value is -3.10. The number of hydrogen-bond donors (Lipinski definition) is 1. The molecule has 0 aromatic heterocycles. The van der Waals surface area contributed by atoms with Gasteiger partial charge in [0.05, 0.1) is 0 Å². The minimum Gasteiger partial charge on any atom is -0.458 e. The van der Waals surface area contributed by atoms with Crippen molar-refractivity contribution in [1.82, 2.24) is 10.4 Å². The Morgan fingerprint density at radius 2 is 1.36 bits per heavy atom. The first kappa shape index (κ1) is 26.2. The fourth-order valence-electron chi connectivity index (χ4n) is 3.27. The van der Waals surface area contributed by atoms with Crippen LogP contribution >= 0.6 is 0 Å². The molecule has 0 radical (unpaired) electrons. The zero-order valence-electron chi connectivity index (χ0n) is 20.8. The summed E-state index contributed by atoms with van der Waals surface area (Å²) in [5, 5.41) is 0.614. The molecule has 33 heavy (non-hydrogen) atoms. The standard InChI is InChI=1S/C24H34N2O7/c1-21(2,3)31-18(28)24(14-15-12-10-11-13-16(15)17(24)27)26(20(30)33-23(7,8)9)25-19(29)32-22(4,5)6/h10-13H,14H2,1-9H3,(H,25,29)/t24-/m1/s1. The van der Waals surface area contributed by atoms with E-state index in [1.807, 2.05) is 0 Å². The maximum absolute atomic E-state index is 13.7. The van der Waals surface area contributed by atoms with Crippen molar-refractivity contribution in [2.75, 3.05) is 0 Å². The third-order valence-electron chi connectivity index (χ3n) is 4.38. The molecule has 0 fully saturated rings. The van der Waals surface area contributed by atoms with Gasteiger partial charge in [0.25, 0.3) is 0 Å². The molecule has 0 spiro atoms. The molecule has 0 unspecified atom stereocenters. The van der Waals surface area contributed by atoms with Gasteiger partial charge in [-0.2, -0.15) is 5.01 Å². The smallest absolute Gasteiger partial charge is 0.430 e. The van der Waals surface area contributed by atoms with Crippen LogP contribution in [0.15, 0.2) is 24.3 Å². The molecule has 9 heteroatoms. The summed E-state index contributed by atoms with van der Waals surface area (Å²) in [6.45, 7) is 14.7. The largest absolute Gasteiger partial charge is 0.458 e. The van der Waals surface area contributed by atoms with E-state index in [0.717, 1.165) is 0 Å². The molecule has 1 atom stereocenters. The van der Waals surface area contributed by atoms with Gasteiger partial charge in [0.2, 0.25) is 11.3 Å². The number of benzene rings is 1. The first-order chi connectivity index (χ1) is 14.9. The second-order valence-corrected chi connectivity index (χ2v) is 11.0. The van der Waals surface area contributed by atoms with Crippen LogP contribution in [-0.4, -0.2) is 51.3 Å². The van der Waals surface area contributed by atoms with Crippen molar-refractivity contribution < 1.29 is 33.4 Å². The van der Waals surface area contributed by atoms with E-state index in [0.29, 0.717) is 10.6 Å². The van der Waals surface area contributed by atoms with Crippen LogP contribution in [0.1, 0.15) is 78.2 Å². The van der Waals surface area contributed by atoms with Crippen LogP contribution in [-0.2, 0) is 25.4 Å². The quantitative estimate of drug-likeness (QED) is 0.304. The van der Waals surface area contributed by atoms with E-state index in [2.05, 4.69) is 5.43 Å². The van der Waals surface area contributed by atoms with Gasteiger partial charge < -0.3 is 14.2 Å². The summed E-state index contributed by atoms with van der Waals surface area (Å²) in [7, 11) is 0. The summed E-state index contributed by atoms with van der Waals surface area (Å²) in [6.07, 6.45) is -2.33. The number of nitrogens with one attached hydrogen (secondary N) is 1. The zero-order chi connectivity index (χ0) is 25.4. The van der Waals surface area contributed by atoms with Crippen LogP contribution in [0.3, 0.4) is 0 Å². The van der Waals surface area contributed by atoms with Crippen LogP contribution in [0.5, 0.6) is 0 Å². The lowest BCUT2D eigenvalue weighted by atomic mass is 9.93. The van der Waals surface area contributed by atoms with Crippen LogP contribution in [0.2, 0.25) is 0 Å². The van der Waals surface area contributed by atoms with E-state index in [-0.39, 0.29) is 12.0 Å². The molecule has 1 N–H and O–H groups in total. The molecule has 182 valence electrons. The summed E-state index contributed by atoms with van der Waals surface area (Å²) in [4.78, 5) is 53.2. The summed E-state index contributed by atoms with van der Waals surface area (Å²) in [5.41, 5.74) is -1.98. The predicted molar refractivity (Wildman–Crippen MR) is 120 cm³/mol. The van der Waals surface area contributed by atoms with Gasteiger partial charge in [-0.05, 0) is 67.9 Å². The first-order valence-electron chi connectivity index (χ1n) is 10.7. The molecule has 2 amide bonds. The van der Waals surface area contributed by atoms with Gasteiger partial charge in [0.15, 0.2) is 0 Å². The minimum absolute atomic E-state index is 0.202. The van der Waals surface area contributed by atoms with Gasteiger partial charge in [-0.25, -0.2) is 19.8 Å². The van der Waals surface area contributed by atoms with Crippen LogP contribution < -0.4 is 5.43 Å². The Balaban J connectivity index is 2.65. The molecule has 0 saturated heterocycles. The summed E-state index contributed by atoms with van der Waals surface area (Å²) in [6, 6.07) is 6.61. The van der Waals surface area contributed by atoms with Crippen LogP contribution in [0.4, 0.5) is 9.59 Å². The average Bonchev–Trinajstić information content (AvgIpc) is 2.89. The van der Waals surface area contributed by atoms with Crippen molar-refractivity contribution in [3.05, 3.63) is 35.4 Å². The van der Waals surface area contributed by atoms with Crippen LogP contribution in [0, 0.1) is 0 Å². The summed E-state index contributed by atoms with van der Waals surface area (Å²) < 4.78 is 16.3. The highest BCUT2D eigenvalue weighted by Crippen LogP contribution is 2.37. The van der Waals surface area contributed by atoms with Gasteiger partial charge in [-0.3, -0.25) is 4.79 Å². The molecule has 1 aromatic carbocycles. The summed E-state index contributed by atoms with van der Waals surface area (Å²) >= 11 is 0. The normalized spacial score (nSPS) is 18.3. The number of hydrogen-bond acceptors (Lipinski definition) is 7. The molecule has 0 bridgehead atoms. The van der Waals surface area contributed by atoms with Crippen molar-refractivity contribution in [2.24, 2.45) is 0 Å². The molecule has 1 aliphatic carbocycles. The lowest BCUT2D eigenvalue weighted by Crippen LogP contribution is -2.68. The highest BCUT2D eigenvalue weighted by atomic mass is 16.6. The third kappa shape index (κ3) is 6.24. The fraction of sp³-hybridized carbons (Fsp3) is 0.583. The number of ketones is 1. The molecular formula is C24H34N2O7. The number of carbonyl (C=O) groups excluding carboxylic acids is 4. The number of nitrogens with zero attached hydrogens (tertiary/aromatic N) is 1. The number of esters is 1. The van der Waals surface area contributed by atoms with Crippen LogP contribution in [0.25, 0.3) is 0 Å². The zero-order valence-corrected chi connectivity index (χ0v) is 20.8. The Labute approximate surface area is 194 Å². The molecule has 2 rings (SSSR count). The SMILES string of the molecule is CC(C)(C)OC(=O)NN(C(=O)OC(C)(C)C)[C@]1(C(=O)OC(C)(C)C)Cc2ccccc2C1=O. The third-order valence-corrected chi connectivity index (χ3v) is 4.38. The first-order valence-corrected chi connectivity index (χ1v) is 10.7. The topological polar surface area (TPSA) is 111 Å². The number of fused-ring (bicyclic) bond motifs is 1. The molecule has 1 aromatic rings. The van der Waals surface area contributed by atoms with Crippen molar-refractivity contribution in [3.63, 3.8) is 0 Å². The monoisotopic (exact) mass is 462 g/mol. The summed E-state index contributed by atoms with van der Waals surface area (Å²) in [5.74, 6) is -1.67. The molecule has 9 nitrogen and oxygen atoms in total. The predicted octanol–water partition coefficient (Wildman–Crippen LogP) is 4.18. The fourth-order valence-corrected chi connectivity index (χ4v) is 3.27. The van der Waals surface area contributed by atoms with Crippen molar-refractivity contribution in [3.8, 4) is 0 Å². The van der Waals surface area contributed by atoms with E-state index in [4.69, 9.17) is 14.2 Å². The average molecular weight is 463 g/mol. The number of hydrazine groups is 1. The van der Waals surface area contributed by atoms with E-state index in [1.165, 1.54) is 0 Å². The second-order valence-electron chi connectivity index (χ2n) is 11.0. The van der Waals surface area contributed by atoms with Crippen molar-refractivity contribution in [2.45, 2.75) is 91.1 Å². The number of carbonyl (C=O) groups is 4. The maximum Gasteiger partial charge on any atom is 0.430 e. The van der Waals surface area contributed by atoms with E-state index in [1.54, 1.807) is 86.6 Å². The Bertz CT molecular complexity index is 951. The number of Topliss-reactive ketones (excluding diaryl/α,β-unsaturated/α-hetero) is 1. The van der Waals surface area contributed by atoms with E-state index >= 15 is 0 Å². The lowest BCUT2D eigenvalue weighted by Gasteiger charge is -2.39. The Kier molecular flexibility index (Phi) is 6.88. The molecule has 1 aliphatic rings. The van der Waals surface area contributed by atoms with Gasteiger partial charge in [0.1, 0.15) is 16.8 Å². The molecule has 0 aliphatic heterocycles. The molecule has 0 heterocycles. The number of rotatable bonds is 2. The minimum atomic E-state index is -2.21. The van der Waals surface area contributed by atoms with E-state index < -0.39 is 46.3 Å². The van der Waals surface area contributed by atoms with Gasteiger partial charge >= 0.3 is 18.2 Å². The number of amides is 2. The van der Waals surface area contributed by atoms with Crippen molar-refractivity contribution >= 4 is 23.9 Å². The number of ether oxygens (including phenoxy) is 3. The lowest BCUT2D eigenvalue weighted by molar-refractivity contribution is -0.167. The molecule has 0 saturated carbocycles. The van der Waals surface area contributed by atoms with Gasteiger partial charge in [-0.1, -0.05) is 24.3 Å². The molecular weight excluding hydrogens is 428 g/mol. The van der Waals surface area contributed by atoms with Gasteiger partial charge in [0, 0.05) is 12.0 Å². The maximum atomic E-state index is 13.7. The Morgan fingerprint density at radius 1 is 0.848 bits per heavy atom. The second kappa shape index (κ2) is 8.68. The Morgan fingerprint density at radius 3 is 1.85 bits per heavy atom. The van der Waals surface area contributed by atoms with Crippen molar-refractivity contribution in [1.29, 1.82) is 0 Å². The van der Waals surface area contributed by atoms with E-state index in [9.17, 15) is 19.2 Å². The highest BCUT2D eigenvalue weighted by Gasteiger charge is 2.61. The highest BCUT2D eigenvalue weighted by molar-refractivity contribution is 6.21.